The number of thiophene rings is 1. The van der Waals surface area contributed by atoms with Gasteiger partial charge in [0.1, 0.15) is 5.58 Å². The average molecular weight is 389 g/mol. The van der Waals surface area contributed by atoms with Crippen molar-refractivity contribution in [3.8, 4) is 0 Å². The molecule has 3 rings (SSSR count). The van der Waals surface area contributed by atoms with Gasteiger partial charge in [0.15, 0.2) is 6.61 Å². The Hall–Kier alpha value is -2.25. The zero-order valence-electron chi connectivity index (χ0n) is 14.3. The number of para-hydroxylation sites is 1. The second-order valence-corrected chi connectivity index (χ2v) is 7.75. The lowest BCUT2D eigenvalue weighted by molar-refractivity contribution is -0.124. The largest absolute Gasteiger partial charge is 0.450 e. The number of hydrogen-bond donors (Lipinski definition) is 1. The number of fused-ring (bicyclic) bond motifs is 1. The van der Waals surface area contributed by atoms with Crippen LogP contribution in [0.4, 0.5) is 0 Å². The fourth-order valence-corrected chi connectivity index (χ4v) is 4.15. The lowest BCUT2D eigenvalue weighted by Crippen LogP contribution is -2.30. The summed E-state index contributed by atoms with van der Waals surface area (Å²) in [5, 5.41) is 5.67. The quantitative estimate of drug-likeness (QED) is 0.466. The normalized spacial score (nSPS) is 10.8. The Morgan fingerprint density at radius 3 is 2.85 bits per heavy atom. The minimum Gasteiger partial charge on any atom is -0.450 e. The van der Waals surface area contributed by atoms with Gasteiger partial charge in [-0.3, -0.25) is 4.79 Å². The lowest BCUT2D eigenvalue weighted by Gasteiger charge is -2.06. The van der Waals surface area contributed by atoms with Crippen molar-refractivity contribution in [1.29, 1.82) is 0 Å². The van der Waals surface area contributed by atoms with Crippen molar-refractivity contribution in [3.05, 3.63) is 58.0 Å². The summed E-state index contributed by atoms with van der Waals surface area (Å²) in [7, 11) is 0. The smallest absolute Gasteiger partial charge is 0.375 e. The highest BCUT2D eigenvalue weighted by Crippen LogP contribution is 2.25. The van der Waals surface area contributed by atoms with Gasteiger partial charge in [0, 0.05) is 33.9 Å². The summed E-state index contributed by atoms with van der Waals surface area (Å²) >= 11 is 3.48. The van der Waals surface area contributed by atoms with Crippen LogP contribution in [-0.4, -0.2) is 30.8 Å². The molecule has 2 aromatic heterocycles. The number of benzene rings is 1. The zero-order valence-corrected chi connectivity index (χ0v) is 16.0. The van der Waals surface area contributed by atoms with Crippen molar-refractivity contribution >= 4 is 45.9 Å². The Kier molecular flexibility index (Phi) is 6.35. The Morgan fingerprint density at radius 1 is 1.23 bits per heavy atom. The van der Waals surface area contributed by atoms with Crippen LogP contribution in [0.25, 0.3) is 11.0 Å². The van der Waals surface area contributed by atoms with E-state index in [4.69, 9.17) is 9.15 Å². The minimum atomic E-state index is -0.624. The second-order valence-electron chi connectivity index (χ2n) is 5.61. The number of amides is 1. The van der Waals surface area contributed by atoms with Crippen molar-refractivity contribution in [2.24, 2.45) is 0 Å². The number of rotatable bonds is 8. The molecule has 1 N–H and O–H groups in total. The summed E-state index contributed by atoms with van der Waals surface area (Å²) in [5.74, 6) is 0.948. The maximum Gasteiger partial charge on any atom is 0.375 e. The van der Waals surface area contributed by atoms with Crippen molar-refractivity contribution in [2.75, 3.05) is 18.9 Å². The molecule has 26 heavy (non-hydrogen) atoms. The van der Waals surface area contributed by atoms with Gasteiger partial charge in [-0.15, -0.1) is 11.3 Å². The molecule has 0 spiro atoms. The predicted octanol–water partition coefficient (Wildman–Crippen LogP) is 4.01. The van der Waals surface area contributed by atoms with E-state index in [9.17, 15) is 9.59 Å². The SMILES string of the molecule is Cc1c(C(=O)OCC(=O)NCCSCc2cccs2)oc2ccccc12. The van der Waals surface area contributed by atoms with Gasteiger partial charge < -0.3 is 14.5 Å². The van der Waals surface area contributed by atoms with E-state index in [1.807, 2.05) is 24.3 Å². The summed E-state index contributed by atoms with van der Waals surface area (Å²) in [6, 6.07) is 11.5. The maximum absolute atomic E-state index is 12.1. The van der Waals surface area contributed by atoms with E-state index in [0.717, 1.165) is 22.5 Å². The molecule has 0 atom stereocenters. The summed E-state index contributed by atoms with van der Waals surface area (Å²) in [4.78, 5) is 25.3. The van der Waals surface area contributed by atoms with Crippen LogP contribution in [-0.2, 0) is 15.3 Å². The zero-order chi connectivity index (χ0) is 18.4. The van der Waals surface area contributed by atoms with Crippen molar-refractivity contribution in [3.63, 3.8) is 0 Å². The highest BCUT2D eigenvalue weighted by molar-refractivity contribution is 7.98. The number of esters is 1. The molecule has 2 heterocycles. The Morgan fingerprint density at radius 2 is 2.08 bits per heavy atom. The first-order chi connectivity index (χ1) is 12.6. The predicted molar refractivity (Wildman–Crippen MR) is 105 cm³/mol. The number of thioether (sulfide) groups is 1. The van der Waals surface area contributed by atoms with Crippen LogP contribution in [0, 0.1) is 6.92 Å². The Balaban J connectivity index is 1.39. The van der Waals surface area contributed by atoms with Gasteiger partial charge in [-0.1, -0.05) is 24.3 Å². The second kappa shape index (κ2) is 8.91. The van der Waals surface area contributed by atoms with Crippen molar-refractivity contribution < 1.29 is 18.7 Å². The molecule has 1 aromatic carbocycles. The molecule has 0 saturated carbocycles. The first-order valence-electron chi connectivity index (χ1n) is 8.17. The summed E-state index contributed by atoms with van der Waals surface area (Å²) < 4.78 is 10.6. The van der Waals surface area contributed by atoms with Gasteiger partial charge in [0.05, 0.1) is 0 Å². The van der Waals surface area contributed by atoms with E-state index in [0.29, 0.717) is 12.1 Å². The number of furan rings is 1. The molecule has 0 bridgehead atoms. The van der Waals surface area contributed by atoms with Crippen LogP contribution in [0.15, 0.2) is 46.2 Å². The van der Waals surface area contributed by atoms with Crippen LogP contribution in [0.3, 0.4) is 0 Å². The lowest BCUT2D eigenvalue weighted by atomic mass is 10.1. The first-order valence-corrected chi connectivity index (χ1v) is 10.2. The van der Waals surface area contributed by atoms with E-state index in [1.54, 1.807) is 36.1 Å². The number of ether oxygens (including phenoxy) is 1. The third-order valence-corrected chi connectivity index (χ3v) is 5.82. The van der Waals surface area contributed by atoms with Crippen LogP contribution in [0.5, 0.6) is 0 Å². The molecule has 3 aromatic rings. The van der Waals surface area contributed by atoms with Crippen LogP contribution in [0.1, 0.15) is 21.0 Å². The van der Waals surface area contributed by atoms with Crippen molar-refractivity contribution in [1.82, 2.24) is 5.32 Å². The Bertz CT molecular complexity index is 886. The van der Waals surface area contributed by atoms with E-state index >= 15 is 0 Å². The highest BCUT2D eigenvalue weighted by Gasteiger charge is 2.19. The first kappa shape index (κ1) is 18.5. The van der Waals surface area contributed by atoms with Gasteiger partial charge in [0.25, 0.3) is 5.91 Å². The molecule has 0 aliphatic heterocycles. The third kappa shape index (κ3) is 4.68. The summed E-state index contributed by atoms with van der Waals surface area (Å²) in [5.41, 5.74) is 1.35. The van der Waals surface area contributed by atoms with Crippen LogP contribution >= 0.6 is 23.1 Å². The number of carbonyl (C=O) groups is 2. The molecule has 1 amide bonds. The molecule has 136 valence electrons. The number of nitrogens with one attached hydrogen (secondary N) is 1. The van der Waals surface area contributed by atoms with Crippen molar-refractivity contribution in [2.45, 2.75) is 12.7 Å². The fourth-order valence-electron chi connectivity index (χ4n) is 2.45. The molecule has 0 aliphatic rings. The molecular formula is C19H19NO4S2. The van der Waals surface area contributed by atoms with E-state index < -0.39 is 5.97 Å². The van der Waals surface area contributed by atoms with Gasteiger partial charge in [-0.2, -0.15) is 11.8 Å². The third-order valence-electron chi connectivity index (χ3n) is 3.76. The standard InChI is InChI=1S/C19H19NO4S2/c1-13-15-6-2-3-7-16(15)24-18(13)19(22)23-11-17(21)20-8-10-25-12-14-5-4-9-26-14/h2-7,9H,8,10-12H2,1H3,(H,20,21). The van der Waals surface area contributed by atoms with E-state index in [1.165, 1.54) is 4.88 Å². The molecule has 0 fully saturated rings. The molecule has 5 nitrogen and oxygen atoms in total. The van der Waals surface area contributed by atoms with Crippen LogP contribution < -0.4 is 5.32 Å². The van der Waals surface area contributed by atoms with Gasteiger partial charge in [0.2, 0.25) is 5.76 Å². The molecule has 0 aliphatic carbocycles. The van der Waals surface area contributed by atoms with E-state index in [-0.39, 0.29) is 18.3 Å². The maximum atomic E-state index is 12.1. The average Bonchev–Trinajstić information content (AvgIpc) is 3.28. The van der Waals surface area contributed by atoms with Gasteiger partial charge in [-0.25, -0.2) is 4.79 Å². The van der Waals surface area contributed by atoms with Gasteiger partial charge >= 0.3 is 5.97 Å². The summed E-state index contributed by atoms with van der Waals surface area (Å²) in [6.45, 7) is 2.02. The molecular weight excluding hydrogens is 370 g/mol. The monoisotopic (exact) mass is 389 g/mol. The van der Waals surface area contributed by atoms with Gasteiger partial charge in [-0.05, 0) is 24.4 Å². The topological polar surface area (TPSA) is 68.5 Å². The number of hydrogen-bond acceptors (Lipinski definition) is 6. The van der Waals surface area contributed by atoms with E-state index in [2.05, 4.69) is 16.8 Å². The molecule has 7 heteroatoms. The Labute approximate surface area is 159 Å². The molecule has 0 saturated heterocycles. The number of aryl methyl sites for hydroxylation is 1. The number of carbonyl (C=O) groups excluding carboxylic acids is 2. The molecule has 0 radical (unpaired) electrons. The fraction of sp³-hybridized carbons (Fsp3) is 0.263. The summed E-state index contributed by atoms with van der Waals surface area (Å²) in [6.07, 6.45) is 0. The minimum absolute atomic E-state index is 0.144. The highest BCUT2D eigenvalue weighted by atomic mass is 32.2. The molecule has 0 unspecified atom stereocenters. The van der Waals surface area contributed by atoms with Crippen LogP contribution in [0.2, 0.25) is 0 Å².